The molecule has 3 aromatic rings. The molecule has 0 aliphatic rings. The molecule has 3 rings (SSSR count). The molecule has 0 fully saturated rings. The SMILES string of the molecule is Cc1cccc2cc(CN[C@H](C)Cc3ccco3)c(Cl)nc12. The maximum absolute atomic E-state index is 6.33. The van der Waals surface area contributed by atoms with Crippen molar-refractivity contribution in [3.63, 3.8) is 0 Å². The van der Waals surface area contributed by atoms with Gasteiger partial charge in [-0.3, -0.25) is 0 Å². The van der Waals surface area contributed by atoms with Crippen molar-refractivity contribution in [2.45, 2.75) is 32.9 Å². The van der Waals surface area contributed by atoms with Crippen LogP contribution in [-0.2, 0) is 13.0 Å². The summed E-state index contributed by atoms with van der Waals surface area (Å²) in [5.41, 5.74) is 3.14. The van der Waals surface area contributed by atoms with Crippen molar-refractivity contribution in [2.24, 2.45) is 0 Å². The summed E-state index contributed by atoms with van der Waals surface area (Å²) in [5, 5.41) is 5.17. The van der Waals surface area contributed by atoms with Gasteiger partial charge in [-0.1, -0.05) is 29.8 Å². The average Bonchev–Trinajstić information content (AvgIpc) is 2.99. The predicted octanol–water partition coefficient (Wildman–Crippen LogP) is 4.51. The van der Waals surface area contributed by atoms with E-state index in [1.54, 1.807) is 6.26 Å². The van der Waals surface area contributed by atoms with Crippen LogP contribution in [0.3, 0.4) is 0 Å². The second kappa shape index (κ2) is 6.51. The van der Waals surface area contributed by atoms with Gasteiger partial charge in [0.2, 0.25) is 0 Å². The van der Waals surface area contributed by atoms with E-state index in [2.05, 4.69) is 42.3 Å². The van der Waals surface area contributed by atoms with Gasteiger partial charge in [0.25, 0.3) is 0 Å². The van der Waals surface area contributed by atoms with Crippen molar-refractivity contribution in [1.82, 2.24) is 10.3 Å². The Morgan fingerprint density at radius 1 is 1.27 bits per heavy atom. The van der Waals surface area contributed by atoms with E-state index >= 15 is 0 Å². The van der Waals surface area contributed by atoms with Gasteiger partial charge < -0.3 is 9.73 Å². The largest absolute Gasteiger partial charge is 0.469 e. The van der Waals surface area contributed by atoms with E-state index in [9.17, 15) is 0 Å². The number of rotatable bonds is 5. The summed E-state index contributed by atoms with van der Waals surface area (Å²) in [5.74, 6) is 0.985. The fourth-order valence-corrected chi connectivity index (χ4v) is 2.78. The van der Waals surface area contributed by atoms with Gasteiger partial charge in [0.05, 0.1) is 11.8 Å². The van der Waals surface area contributed by atoms with Crippen LogP contribution in [0.15, 0.2) is 47.1 Å². The van der Waals surface area contributed by atoms with E-state index in [1.165, 1.54) is 0 Å². The lowest BCUT2D eigenvalue weighted by Gasteiger charge is -2.14. The van der Waals surface area contributed by atoms with Crippen LogP contribution < -0.4 is 5.32 Å². The Morgan fingerprint density at radius 2 is 2.14 bits per heavy atom. The number of furan rings is 1. The first-order valence-corrected chi connectivity index (χ1v) is 7.82. The van der Waals surface area contributed by atoms with E-state index in [0.29, 0.717) is 17.7 Å². The molecule has 2 aromatic heterocycles. The lowest BCUT2D eigenvalue weighted by atomic mass is 10.1. The second-order valence-corrected chi connectivity index (χ2v) is 6.01. The Kier molecular flexibility index (Phi) is 4.46. The lowest BCUT2D eigenvalue weighted by molar-refractivity contribution is 0.456. The molecule has 0 saturated heterocycles. The molecule has 22 heavy (non-hydrogen) atoms. The first kappa shape index (κ1) is 15.1. The molecular formula is C18H19ClN2O. The van der Waals surface area contributed by atoms with Crippen molar-refractivity contribution in [2.75, 3.05) is 0 Å². The zero-order valence-electron chi connectivity index (χ0n) is 12.8. The summed E-state index contributed by atoms with van der Waals surface area (Å²) < 4.78 is 5.37. The van der Waals surface area contributed by atoms with Crippen LogP contribution in [0.25, 0.3) is 10.9 Å². The minimum absolute atomic E-state index is 0.301. The van der Waals surface area contributed by atoms with E-state index in [-0.39, 0.29) is 0 Å². The molecule has 114 valence electrons. The summed E-state index contributed by atoms with van der Waals surface area (Å²) in [6, 6.07) is 12.5. The van der Waals surface area contributed by atoms with Crippen LogP contribution in [0.2, 0.25) is 5.15 Å². The van der Waals surface area contributed by atoms with E-state index in [4.69, 9.17) is 16.0 Å². The number of benzene rings is 1. The average molecular weight is 315 g/mol. The Bertz CT molecular complexity index is 768. The number of halogens is 1. The third kappa shape index (κ3) is 3.32. The monoisotopic (exact) mass is 314 g/mol. The third-order valence-corrected chi connectivity index (χ3v) is 4.13. The Balaban J connectivity index is 1.72. The Hall–Kier alpha value is -1.84. The number of hydrogen-bond acceptors (Lipinski definition) is 3. The van der Waals surface area contributed by atoms with Gasteiger partial charge in [-0.05, 0) is 37.6 Å². The number of aryl methyl sites for hydroxylation is 1. The molecule has 0 saturated carbocycles. The molecule has 4 heteroatoms. The molecule has 0 amide bonds. The minimum Gasteiger partial charge on any atom is -0.469 e. The number of para-hydroxylation sites is 1. The third-order valence-electron chi connectivity index (χ3n) is 3.80. The topological polar surface area (TPSA) is 38.1 Å². The molecule has 3 nitrogen and oxygen atoms in total. The van der Waals surface area contributed by atoms with Gasteiger partial charge >= 0.3 is 0 Å². The minimum atomic E-state index is 0.301. The van der Waals surface area contributed by atoms with Crippen molar-refractivity contribution >= 4 is 22.5 Å². The van der Waals surface area contributed by atoms with Gasteiger partial charge in [0.1, 0.15) is 10.9 Å². The predicted molar refractivity (Wildman–Crippen MR) is 90.2 cm³/mol. The molecule has 1 aromatic carbocycles. The standard InChI is InChI=1S/C18H19ClN2O/c1-12-5-3-6-14-10-15(18(19)21-17(12)14)11-20-13(2)9-16-7-4-8-22-16/h3-8,10,13,20H,9,11H2,1-2H3/t13-/m1/s1. The maximum atomic E-state index is 6.33. The first-order valence-electron chi connectivity index (χ1n) is 7.44. The van der Waals surface area contributed by atoms with Crippen LogP contribution in [0.5, 0.6) is 0 Å². The number of fused-ring (bicyclic) bond motifs is 1. The maximum Gasteiger partial charge on any atom is 0.134 e. The van der Waals surface area contributed by atoms with Gasteiger partial charge in [-0.25, -0.2) is 4.98 Å². The Morgan fingerprint density at radius 3 is 2.91 bits per heavy atom. The fraction of sp³-hybridized carbons (Fsp3) is 0.278. The van der Waals surface area contributed by atoms with Gasteiger partial charge in [-0.2, -0.15) is 0 Å². The quantitative estimate of drug-likeness (QED) is 0.704. The van der Waals surface area contributed by atoms with E-state index < -0.39 is 0 Å². The van der Waals surface area contributed by atoms with Crippen LogP contribution >= 0.6 is 11.6 Å². The highest BCUT2D eigenvalue weighted by atomic mass is 35.5. The second-order valence-electron chi connectivity index (χ2n) is 5.65. The number of nitrogens with zero attached hydrogens (tertiary/aromatic N) is 1. The summed E-state index contributed by atoms with van der Waals surface area (Å²) in [6.45, 7) is 4.88. The highest BCUT2D eigenvalue weighted by Gasteiger charge is 2.09. The van der Waals surface area contributed by atoms with E-state index in [1.807, 2.05) is 18.2 Å². The molecule has 1 atom stereocenters. The van der Waals surface area contributed by atoms with Crippen LogP contribution in [0, 0.1) is 6.92 Å². The molecular weight excluding hydrogens is 296 g/mol. The normalized spacial score (nSPS) is 12.7. The van der Waals surface area contributed by atoms with Crippen molar-refractivity contribution in [3.05, 3.63) is 64.7 Å². The molecule has 1 N–H and O–H groups in total. The van der Waals surface area contributed by atoms with Crippen molar-refractivity contribution in [1.29, 1.82) is 0 Å². The first-order chi connectivity index (χ1) is 10.6. The molecule has 0 unspecified atom stereocenters. The van der Waals surface area contributed by atoms with Gasteiger partial charge in [0, 0.05) is 30.0 Å². The molecule has 2 heterocycles. The zero-order valence-corrected chi connectivity index (χ0v) is 13.5. The number of nitrogens with one attached hydrogen (secondary N) is 1. The van der Waals surface area contributed by atoms with Crippen LogP contribution in [-0.4, -0.2) is 11.0 Å². The van der Waals surface area contributed by atoms with Crippen molar-refractivity contribution in [3.8, 4) is 0 Å². The van der Waals surface area contributed by atoms with Gasteiger partial charge in [0.15, 0.2) is 0 Å². The smallest absolute Gasteiger partial charge is 0.134 e. The lowest BCUT2D eigenvalue weighted by Crippen LogP contribution is -2.27. The summed E-state index contributed by atoms with van der Waals surface area (Å²) in [7, 11) is 0. The summed E-state index contributed by atoms with van der Waals surface area (Å²) in [6.07, 6.45) is 2.55. The number of aromatic nitrogens is 1. The fourth-order valence-electron chi connectivity index (χ4n) is 2.58. The van der Waals surface area contributed by atoms with Crippen LogP contribution in [0.1, 0.15) is 23.8 Å². The Labute approximate surface area is 135 Å². The zero-order chi connectivity index (χ0) is 15.5. The summed E-state index contributed by atoms with van der Waals surface area (Å²) >= 11 is 6.33. The highest BCUT2D eigenvalue weighted by Crippen LogP contribution is 2.23. The van der Waals surface area contributed by atoms with Crippen molar-refractivity contribution < 1.29 is 4.42 Å². The van der Waals surface area contributed by atoms with Gasteiger partial charge in [-0.15, -0.1) is 0 Å². The molecule has 0 spiro atoms. The highest BCUT2D eigenvalue weighted by molar-refractivity contribution is 6.30. The number of pyridine rings is 1. The molecule has 0 aliphatic heterocycles. The molecule has 0 bridgehead atoms. The van der Waals surface area contributed by atoms with Crippen LogP contribution in [0.4, 0.5) is 0 Å². The molecule has 0 aliphatic carbocycles. The summed E-state index contributed by atoms with van der Waals surface area (Å²) in [4.78, 5) is 4.54. The molecule has 0 radical (unpaired) electrons. The number of hydrogen-bond donors (Lipinski definition) is 1. The van der Waals surface area contributed by atoms with E-state index in [0.717, 1.165) is 34.2 Å².